The topological polar surface area (TPSA) is 59.5 Å². The molecular formula is C21H16F2N2O3S. The molecule has 0 spiro atoms. The van der Waals surface area contributed by atoms with E-state index in [4.69, 9.17) is 4.74 Å². The first kappa shape index (κ1) is 19.2. The van der Waals surface area contributed by atoms with Crippen molar-refractivity contribution >= 4 is 28.9 Å². The Kier molecular flexibility index (Phi) is 5.10. The van der Waals surface area contributed by atoms with Gasteiger partial charge in [0.15, 0.2) is 18.2 Å². The van der Waals surface area contributed by atoms with Crippen molar-refractivity contribution in [1.82, 2.24) is 4.98 Å². The highest BCUT2D eigenvalue weighted by Gasteiger charge is 2.26. The van der Waals surface area contributed by atoms with Crippen LogP contribution >= 0.6 is 11.3 Å². The molecule has 8 heteroatoms. The molecule has 2 aromatic carbocycles. The quantitative estimate of drug-likeness (QED) is 0.602. The van der Waals surface area contributed by atoms with Crippen LogP contribution in [0, 0.1) is 18.6 Å². The van der Waals surface area contributed by atoms with E-state index in [1.54, 1.807) is 16.2 Å². The van der Waals surface area contributed by atoms with Crippen molar-refractivity contribution in [3.8, 4) is 11.3 Å². The van der Waals surface area contributed by atoms with E-state index in [2.05, 4.69) is 4.98 Å². The molecule has 0 radical (unpaired) electrons. The Morgan fingerprint density at radius 3 is 2.72 bits per heavy atom. The summed E-state index contributed by atoms with van der Waals surface area (Å²) in [5, 5.41) is 2.98. The maximum absolute atomic E-state index is 13.2. The first-order chi connectivity index (χ1) is 13.9. The highest BCUT2D eigenvalue weighted by molar-refractivity contribution is 7.09. The number of amides is 1. The van der Waals surface area contributed by atoms with Crippen molar-refractivity contribution in [3.05, 3.63) is 69.5 Å². The number of rotatable bonds is 4. The zero-order valence-electron chi connectivity index (χ0n) is 15.4. The molecule has 2 heterocycles. The molecule has 0 aliphatic carbocycles. The third-order valence-corrected chi connectivity index (χ3v) is 5.45. The Balaban J connectivity index is 1.43. The summed E-state index contributed by atoms with van der Waals surface area (Å²) in [6, 6.07) is 8.48. The van der Waals surface area contributed by atoms with Gasteiger partial charge in [-0.2, -0.15) is 0 Å². The summed E-state index contributed by atoms with van der Waals surface area (Å²) in [4.78, 5) is 30.6. The number of ether oxygens (including phenoxy) is 1. The van der Waals surface area contributed by atoms with E-state index >= 15 is 0 Å². The number of fused-ring (bicyclic) bond motifs is 1. The summed E-state index contributed by atoms with van der Waals surface area (Å²) in [6.07, 6.45) is 0.690. The van der Waals surface area contributed by atoms with Crippen molar-refractivity contribution in [2.75, 3.05) is 18.1 Å². The number of carbonyl (C=O) groups is 2. The Bertz CT molecular complexity index is 1110. The van der Waals surface area contributed by atoms with Gasteiger partial charge in [0, 0.05) is 23.2 Å². The van der Waals surface area contributed by atoms with E-state index in [-0.39, 0.29) is 11.5 Å². The molecule has 0 saturated carbocycles. The molecule has 5 nitrogen and oxygen atoms in total. The highest BCUT2D eigenvalue weighted by atomic mass is 32.1. The summed E-state index contributed by atoms with van der Waals surface area (Å²) in [6.45, 7) is 1.95. The fraction of sp³-hybridized carbons (Fsp3) is 0.190. The molecular weight excluding hydrogens is 398 g/mol. The van der Waals surface area contributed by atoms with Crippen molar-refractivity contribution in [1.29, 1.82) is 0 Å². The molecule has 0 saturated heterocycles. The smallest absolute Gasteiger partial charge is 0.338 e. The number of aromatic nitrogens is 1. The molecule has 29 heavy (non-hydrogen) atoms. The summed E-state index contributed by atoms with van der Waals surface area (Å²) >= 11 is 1.58. The molecule has 148 valence electrons. The van der Waals surface area contributed by atoms with Gasteiger partial charge in [-0.25, -0.2) is 18.6 Å². The first-order valence-corrected chi connectivity index (χ1v) is 9.78. The van der Waals surface area contributed by atoms with Crippen LogP contribution in [0.5, 0.6) is 0 Å². The largest absolute Gasteiger partial charge is 0.452 e. The fourth-order valence-corrected chi connectivity index (χ4v) is 3.85. The normalized spacial score (nSPS) is 12.7. The Morgan fingerprint density at radius 1 is 1.17 bits per heavy atom. The third-order valence-electron chi connectivity index (χ3n) is 4.67. The van der Waals surface area contributed by atoms with Crippen molar-refractivity contribution in [2.24, 2.45) is 0 Å². The lowest BCUT2D eigenvalue weighted by atomic mass is 10.1. The molecule has 1 aliphatic heterocycles. The Hall–Kier alpha value is -3.13. The second-order valence-corrected chi connectivity index (χ2v) is 7.66. The number of hydrogen-bond acceptors (Lipinski definition) is 5. The van der Waals surface area contributed by atoms with Gasteiger partial charge in [0.05, 0.1) is 16.3 Å². The monoisotopic (exact) mass is 414 g/mol. The summed E-state index contributed by atoms with van der Waals surface area (Å²) in [7, 11) is 0. The minimum Gasteiger partial charge on any atom is -0.452 e. The molecule has 0 N–H and O–H groups in total. The van der Waals surface area contributed by atoms with E-state index in [1.165, 1.54) is 0 Å². The van der Waals surface area contributed by atoms with E-state index in [0.29, 0.717) is 13.0 Å². The van der Waals surface area contributed by atoms with Gasteiger partial charge < -0.3 is 9.64 Å². The van der Waals surface area contributed by atoms with E-state index in [0.717, 1.165) is 45.7 Å². The van der Waals surface area contributed by atoms with Gasteiger partial charge in [0.2, 0.25) is 0 Å². The number of hydrogen-bond donors (Lipinski definition) is 0. The average Bonchev–Trinajstić information content (AvgIpc) is 3.33. The van der Waals surface area contributed by atoms with Gasteiger partial charge in [-0.3, -0.25) is 4.79 Å². The molecule has 3 aromatic rings. The SMILES string of the molecule is Cc1nc(-c2ccc3c(c2)CCN3C(=O)COC(=O)c2ccc(F)c(F)c2)cs1. The number of aryl methyl sites for hydroxylation is 1. The molecule has 1 aliphatic rings. The Morgan fingerprint density at radius 2 is 2.00 bits per heavy atom. The first-order valence-electron chi connectivity index (χ1n) is 8.90. The Labute approximate surface area is 169 Å². The van der Waals surface area contributed by atoms with E-state index < -0.39 is 24.2 Å². The minimum absolute atomic E-state index is 0.151. The van der Waals surface area contributed by atoms with Crippen LogP contribution in [0.15, 0.2) is 41.8 Å². The van der Waals surface area contributed by atoms with E-state index in [1.807, 2.05) is 30.5 Å². The number of nitrogens with zero attached hydrogens (tertiary/aromatic N) is 2. The number of anilines is 1. The lowest BCUT2D eigenvalue weighted by Gasteiger charge is -2.17. The van der Waals surface area contributed by atoms with Crippen molar-refractivity contribution in [3.63, 3.8) is 0 Å². The molecule has 1 aromatic heterocycles. The van der Waals surface area contributed by atoms with Gasteiger partial charge in [-0.1, -0.05) is 6.07 Å². The second-order valence-electron chi connectivity index (χ2n) is 6.60. The van der Waals surface area contributed by atoms with Crippen LogP contribution in [0.25, 0.3) is 11.3 Å². The lowest BCUT2D eigenvalue weighted by molar-refractivity contribution is -0.121. The van der Waals surface area contributed by atoms with Gasteiger partial charge >= 0.3 is 5.97 Å². The van der Waals surface area contributed by atoms with Gasteiger partial charge in [-0.15, -0.1) is 11.3 Å². The van der Waals surface area contributed by atoms with Gasteiger partial charge in [-0.05, 0) is 49.2 Å². The highest BCUT2D eigenvalue weighted by Crippen LogP contribution is 2.32. The molecule has 4 rings (SSSR count). The third kappa shape index (κ3) is 3.88. The van der Waals surface area contributed by atoms with E-state index in [9.17, 15) is 18.4 Å². The maximum atomic E-state index is 13.2. The number of thiazole rings is 1. The number of benzene rings is 2. The summed E-state index contributed by atoms with van der Waals surface area (Å²) in [5.74, 6) is -3.47. The van der Waals surface area contributed by atoms with Crippen molar-refractivity contribution < 1.29 is 23.1 Å². The predicted octanol–water partition coefficient (Wildman–Crippen LogP) is 4.14. The zero-order valence-corrected chi connectivity index (χ0v) is 16.3. The predicted molar refractivity (Wildman–Crippen MR) is 105 cm³/mol. The molecule has 0 atom stereocenters. The maximum Gasteiger partial charge on any atom is 0.338 e. The lowest BCUT2D eigenvalue weighted by Crippen LogP contribution is -2.33. The van der Waals surface area contributed by atoms with Crippen LogP contribution in [0.1, 0.15) is 20.9 Å². The van der Waals surface area contributed by atoms with Crippen molar-refractivity contribution in [2.45, 2.75) is 13.3 Å². The fourth-order valence-electron chi connectivity index (χ4n) is 3.23. The summed E-state index contributed by atoms with van der Waals surface area (Å²) in [5.41, 5.74) is 3.54. The van der Waals surface area contributed by atoms with Gasteiger partial charge in [0.25, 0.3) is 5.91 Å². The van der Waals surface area contributed by atoms with Crippen LogP contribution in [-0.4, -0.2) is 30.0 Å². The molecule has 0 unspecified atom stereocenters. The van der Waals surface area contributed by atoms with Crippen LogP contribution in [0.4, 0.5) is 14.5 Å². The molecule has 1 amide bonds. The number of esters is 1. The van der Waals surface area contributed by atoms with Crippen LogP contribution in [-0.2, 0) is 16.0 Å². The van der Waals surface area contributed by atoms with Crippen LogP contribution in [0.3, 0.4) is 0 Å². The molecule has 0 fully saturated rings. The second kappa shape index (κ2) is 7.71. The average molecular weight is 414 g/mol. The minimum atomic E-state index is -1.15. The standard InChI is InChI=1S/C21H16F2N2O3S/c1-12-24-18(11-29-12)13-3-5-19-14(8-13)6-7-25(19)20(26)10-28-21(27)15-2-4-16(22)17(23)9-15/h2-5,8-9,11H,6-7,10H2,1H3. The summed E-state index contributed by atoms with van der Waals surface area (Å²) < 4.78 is 31.2. The number of carbonyl (C=O) groups excluding carboxylic acids is 2. The van der Waals surface area contributed by atoms with Crippen LogP contribution in [0.2, 0.25) is 0 Å². The number of halogens is 2. The van der Waals surface area contributed by atoms with Gasteiger partial charge in [0.1, 0.15) is 0 Å². The zero-order chi connectivity index (χ0) is 20.5. The van der Waals surface area contributed by atoms with Crippen LogP contribution < -0.4 is 4.90 Å². The molecule has 0 bridgehead atoms.